The van der Waals surface area contributed by atoms with Crippen LogP contribution < -0.4 is 5.32 Å². The van der Waals surface area contributed by atoms with Crippen molar-refractivity contribution in [3.63, 3.8) is 0 Å². The molecule has 1 unspecified atom stereocenters. The first-order chi connectivity index (χ1) is 8.67. The molecule has 18 heavy (non-hydrogen) atoms. The van der Waals surface area contributed by atoms with E-state index in [1.807, 2.05) is 0 Å². The highest BCUT2D eigenvalue weighted by Gasteiger charge is 2.24. The summed E-state index contributed by atoms with van der Waals surface area (Å²) in [5.41, 5.74) is 0. The lowest BCUT2D eigenvalue weighted by Crippen LogP contribution is -2.48. The normalized spacial score (nSPS) is 19.9. The molecule has 0 amide bonds. The van der Waals surface area contributed by atoms with E-state index in [1.54, 1.807) is 0 Å². The van der Waals surface area contributed by atoms with Gasteiger partial charge in [-0.1, -0.05) is 26.7 Å². The molecule has 0 bridgehead atoms. The summed E-state index contributed by atoms with van der Waals surface area (Å²) in [7, 11) is 0. The van der Waals surface area contributed by atoms with E-state index in [4.69, 9.17) is 0 Å². The number of hydrogen-bond acceptors (Lipinski definition) is 3. The second-order valence-electron chi connectivity index (χ2n) is 5.32. The van der Waals surface area contributed by atoms with Crippen LogP contribution in [0.5, 0.6) is 0 Å². The molecule has 0 radical (unpaired) electrons. The molecule has 4 nitrogen and oxygen atoms in total. The van der Waals surface area contributed by atoms with Crippen LogP contribution in [0.25, 0.3) is 0 Å². The molecule has 106 valence electrons. The van der Waals surface area contributed by atoms with Crippen LogP contribution in [-0.2, 0) is 4.79 Å². The molecular formula is C14H28N2O2. The smallest absolute Gasteiger partial charge is 0.320 e. The topological polar surface area (TPSA) is 52.6 Å². The number of rotatable bonds is 8. The molecule has 1 fully saturated rings. The fourth-order valence-corrected chi connectivity index (χ4v) is 2.61. The van der Waals surface area contributed by atoms with Gasteiger partial charge in [-0.15, -0.1) is 0 Å². The van der Waals surface area contributed by atoms with E-state index in [9.17, 15) is 9.90 Å². The Labute approximate surface area is 111 Å². The maximum atomic E-state index is 11.2. The van der Waals surface area contributed by atoms with Crippen LogP contribution in [0.15, 0.2) is 0 Å². The Bertz CT molecular complexity index is 238. The number of nitrogens with zero attached hydrogens (tertiary/aromatic N) is 1. The highest BCUT2D eigenvalue weighted by atomic mass is 16.4. The largest absolute Gasteiger partial charge is 0.480 e. The minimum Gasteiger partial charge on any atom is -0.480 e. The molecule has 1 aliphatic rings. The molecule has 0 spiro atoms. The Morgan fingerprint density at radius 1 is 1.33 bits per heavy atom. The molecule has 1 rings (SSSR count). The number of nitrogens with one attached hydrogen (secondary N) is 1. The third-order valence-electron chi connectivity index (χ3n) is 3.71. The van der Waals surface area contributed by atoms with Crippen molar-refractivity contribution in [2.45, 2.75) is 64.5 Å². The Morgan fingerprint density at radius 2 is 2.00 bits per heavy atom. The average Bonchev–Trinajstić information content (AvgIpc) is 2.36. The molecule has 0 aromatic heterocycles. The summed E-state index contributed by atoms with van der Waals surface area (Å²) in [6.45, 7) is 7.68. The molecule has 4 heteroatoms. The van der Waals surface area contributed by atoms with Crippen LogP contribution in [0.4, 0.5) is 0 Å². The predicted molar refractivity (Wildman–Crippen MR) is 73.8 cm³/mol. The lowest BCUT2D eigenvalue weighted by Gasteiger charge is -2.33. The maximum Gasteiger partial charge on any atom is 0.320 e. The van der Waals surface area contributed by atoms with Gasteiger partial charge in [0.15, 0.2) is 0 Å². The van der Waals surface area contributed by atoms with Crippen molar-refractivity contribution in [3.05, 3.63) is 0 Å². The molecule has 0 aromatic carbocycles. The van der Waals surface area contributed by atoms with Crippen molar-refractivity contribution >= 4 is 5.97 Å². The number of hydrogen-bond donors (Lipinski definition) is 2. The zero-order chi connectivity index (χ0) is 13.4. The van der Waals surface area contributed by atoms with Crippen LogP contribution in [0.2, 0.25) is 0 Å². The minimum atomic E-state index is -0.695. The molecule has 1 heterocycles. The van der Waals surface area contributed by atoms with Crippen LogP contribution in [0.3, 0.4) is 0 Å². The van der Waals surface area contributed by atoms with Gasteiger partial charge < -0.3 is 15.3 Å². The Hall–Kier alpha value is -0.610. The minimum absolute atomic E-state index is 0.354. The zero-order valence-electron chi connectivity index (χ0n) is 11.8. The van der Waals surface area contributed by atoms with Gasteiger partial charge in [-0.3, -0.25) is 4.79 Å². The van der Waals surface area contributed by atoms with Crippen molar-refractivity contribution in [1.29, 1.82) is 0 Å². The molecule has 0 aliphatic carbocycles. The highest BCUT2D eigenvalue weighted by Crippen LogP contribution is 2.12. The van der Waals surface area contributed by atoms with Crippen molar-refractivity contribution < 1.29 is 9.90 Å². The first-order valence-electron chi connectivity index (χ1n) is 7.38. The van der Waals surface area contributed by atoms with Gasteiger partial charge in [0.25, 0.3) is 0 Å². The maximum absolute atomic E-state index is 11.2. The van der Waals surface area contributed by atoms with Crippen molar-refractivity contribution in [2.75, 3.05) is 19.6 Å². The van der Waals surface area contributed by atoms with Crippen LogP contribution in [0, 0.1) is 0 Å². The molecule has 0 saturated carbocycles. The van der Waals surface area contributed by atoms with Crippen LogP contribution in [0.1, 0.15) is 52.4 Å². The van der Waals surface area contributed by atoms with Gasteiger partial charge in [0, 0.05) is 6.04 Å². The summed E-state index contributed by atoms with van der Waals surface area (Å²) in [6, 6.07) is 0.0312. The van der Waals surface area contributed by atoms with Gasteiger partial charge in [-0.05, 0) is 45.3 Å². The summed E-state index contributed by atoms with van der Waals surface area (Å²) >= 11 is 0. The second kappa shape index (κ2) is 8.48. The van der Waals surface area contributed by atoms with Gasteiger partial charge in [-0.2, -0.15) is 0 Å². The molecular weight excluding hydrogens is 228 g/mol. The summed E-state index contributed by atoms with van der Waals surface area (Å²) in [6.07, 6.45) is 6.15. The fraction of sp³-hybridized carbons (Fsp3) is 0.929. The molecule has 1 saturated heterocycles. The molecule has 1 aliphatic heterocycles. The SMILES string of the molecule is CCCCC(NC1CCN(CCC)CC1)C(=O)O. The van der Waals surface area contributed by atoms with Crippen molar-refractivity contribution in [2.24, 2.45) is 0 Å². The van der Waals surface area contributed by atoms with Gasteiger partial charge in [0.05, 0.1) is 0 Å². The third-order valence-corrected chi connectivity index (χ3v) is 3.71. The van der Waals surface area contributed by atoms with E-state index in [-0.39, 0.29) is 6.04 Å². The number of unbranched alkanes of at least 4 members (excludes halogenated alkanes) is 1. The molecule has 1 atom stereocenters. The van der Waals surface area contributed by atoms with E-state index in [2.05, 4.69) is 24.1 Å². The number of piperidine rings is 1. The predicted octanol–water partition coefficient (Wildman–Crippen LogP) is 2.09. The number of carbonyl (C=O) groups is 1. The summed E-state index contributed by atoms with van der Waals surface area (Å²) in [4.78, 5) is 13.6. The van der Waals surface area contributed by atoms with Gasteiger partial charge in [0.2, 0.25) is 0 Å². The van der Waals surface area contributed by atoms with E-state index < -0.39 is 5.97 Å². The van der Waals surface area contributed by atoms with Crippen molar-refractivity contribution in [3.8, 4) is 0 Å². The first kappa shape index (κ1) is 15.4. The molecule has 2 N–H and O–H groups in total. The van der Waals surface area contributed by atoms with Gasteiger partial charge in [0.1, 0.15) is 6.04 Å². The number of likely N-dealkylation sites (tertiary alicyclic amines) is 1. The lowest BCUT2D eigenvalue weighted by atomic mass is 10.0. The number of carboxylic acids is 1. The Balaban J connectivity index is 2.30. The Kier molecular flexibility index (Phi) is 7.28. The molecule has 0 aromatic rings. The summed E-state index contributed by atoms with van der Waals surface area (Å²) < 4.78 is 0. The second-order valence-corrected chi connectivity index (χ2v) is 5.32. The van der Waals surface area contributed by atoms with E-state index in [1.165, 1.54) is 13.0 Å². The Morgan fingerprint density at radius 3 is 2.50 bits per heavy atom. The van der Waals surface area contributed by atoms with Crippen LogP contribution >= 0.6 is 0 Å². The summed E-state index contributed by atoms with van der Waals surface area (Å²) in [5, 5.41) is 12.5. The van der Waals surface area contributed by atoms with Crippen molar-refractivity contribution in [1.82, 2.24) is 10.2 Å². The highest BCUT2D eigenvalue weighted by molar-refractivity contribution is 5.73. The fourth-order valence-electron chi connectivity index (χ4n) is 2.61. The average molecular weight is 256 g/mol. The number of aliphatic carboxylic acids is 1. The first-order valence-corrected chi connectivity index (χ1v) is 7.38. The zero-order valence-corrected chi connectivity index (χ0v) is 11.8. The van der Waals surface area contributed by atoms with E-state index in [0.717, 1.165) is 45.2 Å². The quantitative estimate of drug-likeness (QED) is 0.698. The lowest BCUT2D eigenvalue weighted by molar-refractivity contribution is -0.140. The van der Waals surface area contributed by atoms with E-state index in [0.29, 0.717) is 6.04 Å². The number of carboxylic acid groups (broad SMARTS) is 1. The van der Waals surface area contributed by atoms with Crippen LogP contribution in [-0.4, -0.2) is 47.7 Å². The summed E-state index contributed by atoms with van der Waals surface area (Å²) in [5.74, 6) is -0.695. The standard InChI is InChI=1S/C14H28N2O2/c1-3-5-6-13(14(17)18)15-12-7-10-16(9-4-2)11-8-12/h12-13,15H,3-11H2,1-2H3,(H,17,18). The van der Waals surface area contributed by atoms with E-state index >= 15 is 0 Å². The third kappa shape index (κ3) is 5.36. The monoisotopic (exact) mass is 256 g/mol. The van der Waals surface area contributed by atoms with Gasteiger partial charge in [-0.25, -0.2) is 0 Å². The van der Waals surface area contributed by atoms with Gasteiger partial charge >= 0.3 is 5.97 Å².